The van der Waals surface area contributed by atoms with Crippen molar-refractivity contribution in [1.29, 1.82) is 0 Å². The Balaban J connectivity index is 2.35. The molecule has 7 nitrogen and oxygen atoms in total. The van der Waals surface area contributed by atoms with Gasteiger partial charge in [-0.3, -0.25) is 9.25 Å². The van der Waals surface area contributed by atoms with Crippen molar-refractivity contribution in [3.8, 4) is 0 Å². The predicted molar refractivity (Wildman–Crippen MR) is 74.3 cm³/mol. The van der Waals surface area contributed by atoms with E-state index in [4.69, 9.17) is 5.73 Å². The maximum absolute atomic E-state index is 11.5. The topological polar surface area (TPSA) is 94.5 Å². The molecule has 0 saturated carbocycles. The molecule has 0 bridgehead atoms. The maximum atomic E-state index is 11.5. The summed E-state index contributed by atoms with van der Waals surface area (Å²) in [5, 5.41) is 12.3. The van der Waals surface area contributed by atoms with E-state index in [1.807, 2.05) is 14.0 Å². The van der Waals surface area contributed by atoms with E-state index in [2.05, 4.69) is 22.2 Å². The molecule has 0 atom stereocenters. The highest BCUT2D eigenvalue weighted by Crippen LogP contribution is 2.32. The Hall–Kier alpha value is -1.70. The Morgan fingerprint density at radius 2 is 2.16 bits per heavy atom. The Bertz CT molecular complexity index is 626. The number of anilines is 1. The molecule has 0 fully saturated rings. The fourth-order valence-corrected chi connectivity index (χ4v) is 2.85. The van der Waals surface area contributed by atoms with E-state index in [1.165, 1.54) is 11.8 Å². The normalized spacial score (nSPS) is 11.1. The van der Waals surface area contributed by atoms with Crippen molar-refractivity contribution < 1.29 is 0 Å². The summed E-state index contributed by atoms with van der Waals surface area (Å²) in [6.45, 7) is 4.55. The molecular formula is C11H18N6OS. The Morgan fingerprint density at radius 3 is 2.79 bits per heavy atom. The number of rotatable bonds is 5. The van der Waals surface area contributed by atoms with Crippen LogP contribution in [-0.2, 0) is 20.0 Å². The minimum Gasteiger partial charge on any atom is -0.395 e. The third-order valence-electron chi connectivity index (χ3n) is 2.82. The lowest BCUT2D eigenvalue weighted by atomic mass is 10.2. The minimum absolute atomic E-state index is 0.209. The van der Waals surface area contributed by atoms with E-state index >= 15 is 0 Å². The van der Waals surface area contributed by atoms with Gasteiger partial charge in [-0.15, -0.1) is 5.10 Å². The number of aryl methyl sites for hydroxylation is 2. The van der Waals surface area contributed by atoms with Gasteiger partial charge in [0.2, 0.25) is 0 Å². The van der Waals surface area contributed by atoms with Crippen molar-refractivity contribution >= 4 is 17.4 Å². The first-order chi connectivity index (χ1) is 9.08. The summed E-state index contributed by atoms with van der Waals surface area (Å²) >= 11 is 1.36. The Kier molecular flexibility index (Phi) is 3.98. The lowest BCUT2D eigenvalue weighted by molar-refractivity contribution is 0.652. The van der Waals surface area contributed by atoms with Gasteiger partial charge in [0.1, 0.15) is 5.03 Å². The zero-order valence-corrected chi connectivity index (χ0v) is 12.1. The van der Waals surface area contributed by atoms with Gasteiger partial charge in [0.15, 0.2) is 5.16 Å². The molecule has 0 aliphatic heterocycles. The molecule has 2 rings (SSSR count). The molecule has 104 valence electrons. The summed E-state index contributed by atoms with van der Waals surface area (Å²) in [5.74, 6) is 0. The van der Waals surface area contributed by atoms with Gasteiger partial charge in [0.05, 0.1) is 11.4 Å². The molecule has 19 heavy (non-hydrogen) atoms. The molecule has 2 aromatic rings. The van der Waals surface area contributed by atoms with Crippen LogP contribution < -0.4 is 11.4 Å². The first kappa shape index (κ1) is 13.7. The summed E-state index contributed by atoms with van der Waals surface area (Å²) in [5.41, 5.74) is 7.47. The quantitative estimate of drug-likeness (QED) is 0.853. The second-order valence-electron chi connectivity index (χ2n) is 4.20. The van der Waals surface area contributed by atoms with Crippen LogP contribution in [-0.4, -0.2) is 24.5 Å². The van der Waals surface area contributed by atoms with E-state index in [0.29, 0.717) is 17.4 Å². The monoisotopic (exact) mass is 282 g/mol. The van der Waals surface area contributed by atoms with Crippen molar-refractivity contribution in [3.05, 3.63) is 16.2 Å². The zero-order chi connectivity index (χ0) is 14.0. The van der Waals surface area contributed by atoms with E-state index in [1.54, 1.807) is 9.25 Å². The molecule has 3 N–H and O–H groups in total. The highest BCUT2D eigenvalue weighted by Gasteiger charge is 2.17. The van der Waals surface area contributed by atoms with Crippen LogP contribution in [0, 0.1) is 0 Å². The number of hydrogen-bond donors (Lipinski definition) is 2. The summed E-state index contributed by atoms with van der Waals surface area (Å²) in [6, 6.07) is 0. The lowest BCUT2D eigenvalue weighted by Crippen LogP contribution is -2.16. The smallest absolute Gasteiger partial charge is 0.343 e. The minimum atomic E-state index is -0.209. The van der Waals surface area contributed by atoms with Gasteiger partial charge >= 0.3 is 5.69 Å². The van der Waals surface area contributed by atoms with E-state index < -0.39 is 0 Å². The number of aromatic nitrogens is 5. The molecule has 0 unspecified atom stereocenters. The number of aromatic amines is 1. The highest BCUT2D eigenvalue weighted by molar-refractivity contribution is 7.99. The van der Waals surface area contributed by atoms with Crippen molar-refractivity contribution in [3.63, 3.8) is 0 Å². The molecule has 0 spiro atoms. The third-order valence-corrected chi connectivity index (χ3v) is 3.99. The van der Waals surface area contributed by atoms with Crippen molar-refractivity contribution in [2.45, 2.75) is 43.4 Å². The van der Waals surface area contributed by atoms with Crippen LogP contribution in [0.25, 0.3) is 0 Å². The molecule has 0 aliphatic carbocycles. The molecule has 8 heteroatoms. The zero-order valence-electron chi connectivity index (χ0n) is 11.3. The fourth-order valence-electron chi connectivity index (χ4n) is 1.87. The molecule has 0 saturated heterocycles. The molecule has 0 aliphatic rings. The summed E-state index contributed by atoms with van der Waals surface area (Å²) in [4.78, 5) is 11.5. The first-order valence-electron chi connectivity index (χ1n) is 6.22. The summed E-state index contributed by atoms with van der Waals surface area (Å²) in [6.07, 6.45) is 1.84. The van der Waals surface area contributed by atoms with Crippen LogP contribution in [0.3, 0.4) is 0 Å². The van der Waals surface area contributed by atoms with Gasteiger partial charge in [-0.05, 0) is 25.1 Å². The number of nitrogens with one attached hydrogen (secondary N) is 1. The van der Waals surface area contributed by atoms with Crippen LogP contribution >= 0.6 is 11.8 Å². The van der Waals surface area contributed by atoms with Gasteiger partial charge in [-0.2, -0.15) is 5.10 Å². The van der Waals surface area contributed by atoms with Crippen LogP contribution in [0.15, 0.2) is 15.0 Å². The highest BCUT2D eigenvalue weighted by atomic mass is 32.2. The second-order valence-corrected chi connectivity index (χ2v) is 5.15. The number of nitrogens with two attached hydrogens (primary N) is 1. The van der Waals surface area contributed by atoms with Crippen LogP contribution in [0.4, 0.5) is 5.69 Å². The van der Waals surface area contributed by atoms with Crippen molar-refractivity contribution in [2.24, 2.45) is 7.05 Å². The standard InChI is InChI=1S/C11H18N6OS/c1-4-6-7-8(12)9(16(3)15-7)19-11-14-13-10(18)17(11)5-2/h4-6,12H2,1-3H3,(H,13,18). The summed E-state index contributed by atoms with van der Waals surface area (Å²) < 4.78 is 3.31. The van der Waals surface area contributed by atoms with Crippen molar-refractivity contribution in [1.82, 2.24) is 24.5 Å². The third kappa shape index (κ3) is 2.53. The van der Waals surface area contributed by atoms with Crippen LogP contribution in [0.5, 0.6) is 0 Å². The van der Waals surface area contributed by atoms with E-state index in [-0.39, 0.29) is 5.69 Å². The average Bonchev–Trinajstić information content (AvgIpc) is 2.85. The van der Waals surface area contributed by atoms with Gasteiger partial charge < -0.3 is 5.73 Å². The Labute approximate surface area is 115 Å². The summed E-state index contributed by atoms with van der Waals surface area (Å²) in [7, 11) is 1.85. The van der Waals surface area contributed by atoms with Gasteiger partial charge in [-0.1, -0.05) is 13.3 Å². The maximum Gasteiger partial charge on any atom is 0.343 e. The van der Waals surface area contributed by atoms with Crippen LogP contribution in [0.2, 0.25) is 0 Å². The van der Waals surface area contributed by atoms with E-state index in [0.717, 1.165) is 23.6 Å². The van der Waals surface area contributed by atoms with E-state index in [9.17, 15) is 4.79 Å². The van der Waals surface area contributed by atoms with Gasteiger partial charge in [0, 0.05) is 13.6 Å². The SMILES string of the molecule is CCCc1nn(C)c(Sc2n[nH]c(=O)n2CC)c1N. The molecular weight excluding hydrogens is 264 g/mol. The number of H-pyrrole nitrogens is 1. The fraction of sp³-hybridized carbons (Fsp3) is 0.545. The average molecular weight is 282 g/mol. The number of nitrogen functional groups attached to an aromatic ring is 1. The van der Waals surface area contributed by atoms with Crippen molar-refractivity contribution in [2.75, 3.05) is 5.73 Å². The van der Waals surface area contributed by atoms with Gasteiger partial charge in [-0.25, -0.2) is 9.89 Å². The largest absolute Gasteiger partial charge is 0.395 e. The molecule has 2 heterocycles. The number of hydrogen-bond acceptors (Lipinski definition) is 5. The molecule has 0 aromatic carbocycles. The Morgan fingerprint density at radius 1 is 1.42 bits per heavy atom. The molecule has 0 radical (unpaired) electrons. The number of nitrogens with zero attached hydrogens (tertiary/aromatic N) is 4. The van der Waals surface area contributed by atoms with Gasteiger partial charge in [0.25, 0.3) is 0 Å². The first-order valence-corrected chi connectivity index (χ1v) is 7.04. The predicted octanol–water partition coefficient (Wildman–Crippen LogP) is 1.01. The molecule has 2 aromatic heterocycles. The second kappa shape index (κ2) is 5.52. The van der Waals surface area contributed by atoms with Crippen LogP contribution in [0.1, 0.15) is 26.0 Å². The lowest BCUT2D eigenvalue weighted by Gasteiger charge is -2.03. The molecule has 0 amide bonds.